The van der Waals surface area contributed by atoms with Crippen molar-refractivity contribution in [3.05, 3.63) is 0 Å². The van der Waals surface area contributed by atoms with Crippen molar-refractivity contribution in [1.29, 1.82) is 0 Å². The lowest BCUT2D eigenvalue weighted by Crippen LogP contribution is -2.32. The molecule has 0 atom stereocenters. The van der Waals surface area contributed by atoms with Gasteiger partial charge in [-0.25, -0.2) is 0 Å². The average Bonchev–Trinajstić information content (AvgIpc) is 1.64. The van der Waals surface area contributed by atoms with Gasteiger partial charge < -0.3 is 0 Å². The number of hydrogen-bond donors (Lipinski definition) is 1. The lowest BCUT2D eigenvalue weighted by molar-refractivity contribution is -0.118. The molecule has 0 fully saturated rings. The second-order valence-electron chi connectivity index (χ2n) is 1.05. The topological polar surface area (TPSA) is 46.2 Å². The lowest BCUT2D eigenvalue weighted by atomic mass is 10.7. The molecule has 2 amide bonds. The Labute approximate surface area is 76.9 Å². The fourth-order valence-electron chi connectivity index (χ4n) is 0.117. The van der Waals surface area contributed by atoms with E-state index in [1.807, 2.05) is 0 Å². The third kappa shape index (κ3) is 4.05. The van der Waals surface area contributed by atoms with E-state index in [1.165, 1.54) is 6.41 Å². The first-order valence-corrected chi connectivity index (χ1v) is 4.10. The highest BCUT2D eigenvalue weighted by molar-refractivity contribution is 9.40. The van der Waals surface area contributed by atoms with Gasteiger partial charge in [0.15, 0.2) is 0 Å². The summed E-state index contributed by atoms with van der Waals surface area (Å²) in [5, 5.41) is 1.80. The van der Waals surface area contributed by atoms with Crippen LogP contribution in [0.4, 0.5) is 0 Å². The summed E-state index contributed by atoms with van der Waals surface area (Å²) >= 11 is 8.66. The molecule has 0 spiro atoms. The molecule has 6 heteroatoms. The molecule has 0 aliphatic rings. The molecule has 0 heterocycles. The van der Waals surface area contributed by atoms with Crippen molar-refractivity contribution in [3.63, 3.8) is 0 Å². The molecule has 0 saturated carbocycles. The SMILES string of the molecule is O=[C]NC(=O)C(Br)(Br)Br. The van der Waals surface area contributed by atoms with Crippen LogP contribution >= 0.6 is 47.8 Å². The van der Waals surface area contributed by atoms with Crippen LogP contribution in [0.1, 0.15) is 0 Å². The Morgan fingerprint density at radius 1 is 1.44 bits per heavy atom. The summed E-state index contributed by atoms with van der Waals surface area (Å²) in [5.41, 5.74) is 0. The van der Waals surface area contributed by atoms with Gasteiger partial charge in [-0.3, -0.25) is 14.9 Å². The summed E-state index contributed by atoms with van der Waals surface area (Å²) in [6.45, 7) is 0. The Balaban J connectivity index is 3.88. The van der Waals surface area contributed by atoms with Crippen molar-refractivity contribution in [2.24, 2.45) is 0 Å². The first kappa shape index (κ1) is 9.58. The molecule has 0 aliphatic heterocycles. The van der Waals surface area contributed by atoms with Crippen molar-refractivity contribution < 1.29 is 9.59 Å². The Hall–Kier alpha value is 0.580. The second-order valence-corrected chi connectivity index (χ2v) is 7.81. The van der Waals surface area contributed by atoms with E-state index in [9.17, 15) is 9.59 Å². The summed E-state index contributed by atoms with van der Waals surface area (Å²) in [5.74, 6) is -0.558. The summed E-state index contributed by atoms with van der Waals surface area (Å²) in [7, 11) is 0. The predicted molar refractivity (Wildman–Crippen MR) is 43.3 cm³/mol. The number of halogens is 3. The molecule has 0 aliphatic carbocycles. The largest absolute Gasteiger partial charge is 0.316 e. The molecule has 9 heavy (non-hydrogen) atoms. The maximum absolute atomic E-state index is 10.6. The zero-order chi connectivity index (χ0) is 7.49. The average molecular weight is 323 g/mol. The van der Waals surface area contributed by atoms with Gasteiger partial charge in [0.2, 0.25) is 2.14 Å². The molecule has 0 bridgehead atoms. The minimum Gasteiger partial charge on any atom is -0.285 e. The van der Waals surface area contributed by atoms with Crippen molar-refractivity contribution in [1.82, 2.24) is 5.32 Å². The van der Waals surface area contributed by atoms with E-state index in [1.54, 1.807) is 5.32 Å². The molecule has 0 aromatic heterocycles. The third-order valence-electron chi connectivity index (χ3n) is 0.422. The molecule has 1 N–H and O–H groups in total. The lowest BCUT2D eigenvalue weighted by Gasteiger charge is -2.06. The van der Waals surface area contributed by atoms with Gasteiger partial charge in [-0.15, -0.1) is 0 Å². The molecule has 0 aromatic rings. The minimum absolute atomic E-state index is 0.558. The van der Waals surface area contributed by atoms with Gasteiger partial charge in [0.05, 0.1) is 0 Å². The molecular formula is C3HBr3NO2. The smallest absolute Gasteiger partial charge is 0.285 e. The summed E-state index contributed by atoms with van der Waals surface area (Å²) < 4.78 is -1.07. The Bertz CT molecular complexity index is 130. The Kier molecular flexibility index (Phi) is 3.91. The van der Waals surface area contributed by atoms with Crippen LogP contribution in [0.3, 0.4) is 0 Å². The molecule has 51 valence electrons. The molecule has 0 saturated heterocycles. The van der Waals surface area contributed by atoms with E-state index in [0.717, 1.165) is 0 Å². The van der Waals surface area contributed by atoms with Gasteiger partial charge in [-0.05, 0) is 47.8 Å². The molecule has 0 unspecified atom stereocenters. The molecule has 1 radical (unpaired) electrons. The van der Waals surface area contributed by atoms with Crippen LogP contribution in [0.15, 0.2) is 0 Å². The highest BCUT2D eigenvalue weighted by Gasteiger charge is 2.27. The monoisotopic (exact) mass is 320 g/mol. The third-order valence-corrected chi connectivity index (χ3v) is 1.50. The molecular weight excluding hydrogens is 322 g/mol. The fourth-order valence-corrected chi connectivity index (χ4v) is 0.415. The highest BCUT2D eigenvalue weighted by atomic mass is 80.0. The number of alkyl halides is 3. The van der Waals surface area contributed by atoms with Gasteiger partial charge in [-0.1, -0.05) is 0 Å². The van der Waals surface area contributed by atoms with Crippen LogP contribution < -0.4 is 5.32 Å². The van der Waals surface area contributed by atoms with E-state index in [2.05, 4.69) is 47.8 Å². The molecule has 0 rings (SSSR count). The first-order chi connectivity index (χ1) is 3.98. The maximum Gasteiger partial charge on any atom is 0.316 e. The Morgan fingerprint density at radius 2 is 1.89 bits per heavy atom. The van der Waals surface area contributed by atoms with Crippen LogP contribution in [0.5, 0.6) is 0 Å². The molecule has 3 nitrogen and oxygen atoms in total. The first-order valence-electron chi connectivity index (χ1n) is 1.73. The van der Waals surface area contributed by atoms with Crippen molar-refractivity contribution >= 4 is 60.1 Å². The summed E-state index contributed by atoms with van der Waals surface area (Å²) in [4.78, 5) is 20.1. The van der Waals surface area contributed by atoms with Gasteiger partial charge in [0.25, 0.3) is 5.91 Å². The van der Waals surface area contributed by atoms with Crippen LogP contribution in [0, 0.1) is 0 Å². The zero-order valence-corrected chi connectivity index (χ0v) is 8.71. The van der Waals surface area contributed by atoms with Crippen molar-refractivity contribution in [3.8, 4) is 0 Å². The zero-order valence-electron chi connectivity index (χ0n) is 3.95. The van der Waals surface area contributed by atoms with Crippen molar-refractivity contribution in [2.45, 2.75) is 2.14 Å². The minimum atomic E-state index is -1.07. The second kappa shape index (κ2) is 3.68. The normalized spacial score (nSPS) is 10.6. The predicted octanol–water partition coefficient (Wildman–Crippen LogP) is 1.01. The van der Waals surface area contributed by atoms with Gasteiger partial charge in [0.1, 0.15) is 0 Å². The number of amides is 2. The molecule has 0 aromatic carbocycles. The van der Waals surface area contributed by atoms with E-state index in [-0.39, 0.29) is 0 Å². The summed E-state index contributed by atoms with van der Waals surface area (Å²) in [6, 6.07) is 0. The van der Waals surface area contributed by atoms with Crippen LogP contribution in [-0.4, -0.2) is 14.5 Å². The number of imide groups is 1. The van der Waals surface area contributed by atoms with Crippen molar-refractivity contribution in [2.75, 3.05) is 0 Å². The maximum atomic E-state index is 10.6. The summed E-state index contributed by atoms with van der Waals surface area (Å²) in [6.07, 6.45) is 1.23. The van der Waals surface area contributed by atoms with Crippen LogP contribution in [0.2, 0.25) is 0 Å². The number of rotatable bonds is 1. The quantitative estimate of drug-likeness (QED) is 0.578. The van der Waals surface area contributed by atoms with Crippen LogP contribution in [0.25, 0.3) is 0 Å². The van der Waals surface area contributed by atoms with E-state index >= 15 is 0 Å². The van der Waals surface area contributed by atoms with E-state index in [0.29, 0.717) is 0 Å². The number of carbonyl (C=O) groups excluding carboxylic acids is 2. The standard InChI is InChI=1S/C3HBr3NO2/c4-3(5,6)2(9)7-1-8/h(H,7,8,9). The van der Waals surface area contributed by atoms with Crippen LogP contribution in [-0.2, 0) is 9.59 Å². The highest BCUT2D eigenvalue weighted by Crippen LogP contribution is 2.33. The van der Waals surface area contributed by atoms with E-state index < -0.39 is 8.05 Å². The fraction of sp³-hybridized carbons (Fsp3) is 0.333. The van der Waals surface area contributed by atoms with E-state index in [4.69, 9.17) is 0 Å². The number of carbonyl (C=O) groups is 1. The number of hydrogen-bond acceptors (Lipinski definition) is 2. The van der Waals surface area contributed by atoms with Gasteiger partial charge in [0, 0.05) is 0 Å². The Morgan fingerprint density at radius 3 is 2.00 bits per heavy atom. The van der Waals surface area contributed by atoms with Gasteiger partial charge >= 0.3 is 6.41 Å². The van der Waals surface area contributed by atoms with Gasteiger partial charge in [-0.2, -0.15) is 0 Å². The number of nitrogens with one attached hydrogen (secondary N) is 1.